The number of aliphatic carboxylic acids is 1. The Labute approximate surface area is 173 Å². The number of nitrogens with one attached hydrogen (secondary N) is 1. The van der Waals surface area contributed by atoms with Crippen LogP contribution in [-0.2, 0) is 16.1 Å². The van der Waals surface area contributed by atoms with Gasteiger partial charge >= 0.3 is 5.97 Å². The molecule has 1 aliphatic carbocycles. The molecule has 2 atom stereocenters. The van der Waals surface area contributed by atoms with Crippen LogP contribution in [0.1, 0.15) is 89.8 Å². The molecule has 2 rings (SSSR count). The number of nitrogens with zero attached hydrogens (tertiary/aromatic N) is 2. The molecule has 0 aliphatic heterocycles. The Kier molecular flexibility index (Phi) is 8.61. The average Bonchev–Trinajstić information content (AvgIpc) is 3.08. The number of carbonyl (C=O) groups excluding carboxylic acids is 1. The molecule has 1 unspecified atom stereocenters. The van der Waals surface area contributed by atoms with Crippen LogP contribution in [0, 0.1) is 17.3 Å². The van der Waals surface area contributed by atoms with Gasteiger partial charge in [0.05, 0.1) is 24.9 Å². The van der Waals surface area contributed by atoms with E-state index in [0.717, 1.165) is 18.8 Å². The molecular weight excluding hydrogens is 372 g/mol. The van der Waals surface area contributed by atoms with Crippen LogP contribution in [0.25, 0.3) is 0 Å². The van der Waals surface area contributed by atoms with Crippen molar-refractivity contribution in [2.75, 3.05) is 6.54 Å². The first-order valence-corrected chi connectivity index (χ1v) is 10.7. The summed E-state index contributed by atoms with van der Waals surface area (Å²) in [6.07, 6.45) is 9.28. The molecule has 1 heterocycles. The van der Waals surface area contributed by atoms with E-state index in [0.29, 0.717) is 18.1 Å². The molecule has 1 aromatic rings. The summed E-state index contributed by atoms with van der Waals surface area (Å²) in [7, 11) is 0. The van der Waals surface area contributed by atoms with E-state index in [1.54, 1.807) is 0 Å². The van der Waals surface area contributed by atoms with E-state index in [4.69, 9.17) is 10.3 Å². The van der Waals surface area contributed by atoms with Crippen LogP contribution < -0.4 is 11.1 Å². The van der Waals surface area contributed by atoms with Crippen LogP contribution >= 0.6 is 0 Å². The van der Waals surface area contributed by atoms with E-state index in [9.17, 15) is 14.7 Å². The first-order valence-electron chi connectivity index (χ1n) is 10.7. The van der Waals surface area contributed by atoms with Gasteiger partial charge in [0.2, 0.25) is 11.8 Å². The molecule has 0 spiro atoms. The van der Waals surface area contributed by atoms with E-state index in [1.807, 2.05) is 20.8 Å². The van der Waals surface area contributed by atoms with Gasteiger partial charge in [-0.05, 0) is 17.8 Å². The van der Waals surface area contributed by atoms with Gasteiger partial charge in [0.1, 0.15) is 0 Å². The number of hydrogen-bond acceptors (Lipinski definition) is 6. The molecule has 1 fully saturated rings. The van der Waals surface area contributed by atoms with Crippen molar-refractivity contribution in [3.8, 4) is 0 Å². The first-order chi connectivity index (χ1) is 13.7. The summed E-state index contributed by atoms with van der Waals surface area (Å²) in [6.45, 7) is 6.08. The number of nitrogens with two attached hydrogens (primary N) is 1. The summed E-state index contributed by atoms with van der Waals surface area (Å²) in [5, 5.41) is 16.8. The topological polar surface area (TPSA) is 131 Å². The van der Waals surface area contributed by atoms with Gasteiger partial charge in [-0.25, -0.2) is 0 Å². The van der Waals surface area contributed by atoms with Crippen LogP contribution in [-0.4, -0.2) is 33.7 Å². The van der Waals surface area contributed by atoms with E-state index in [-0.39, 0.29) is 19.0 Å². The van der Waals surface area contributed by atoms with Crippen molar-refractivity contribution in [1.82, 2.24) is 15.5 Å². The summed E-state index contributed by atoms with van der Waals surface area (Å²) in [6, 6.07) is 0. The minimum absolute atomic E-state index is 0.0223. The number of hydrogen-bond donors (Lipinski definition) is 3. The van der Waals surface area contributed by atoms with Gasteiger partial charge < -0.3 is 20.7 Å². The van der Waals surface area contributed by atoms with Gasteiger partial charge in [0.15, 0.2) is 5.82 Å². The van der Waals surface area contributed by atoms with E-state index in [2.05, 4.69) is 15.5 Å². The molecule has 8 heteroatoms. The number of primary amides is 1. The van der Waals surface area contributed by atoms with Crippen molar-refractivity contribution in [2.45, 2.75) is 84.6 Å². The van der Waals surface area contributed by atoms with Crippen LogP contribution in [0.2, 0.25) is 0 Å². The van der Waals surface area contributed by atoms with Gasteiger partial charge in [0, 0.05) is 0 Å². The third-order valence-electron chi connectivity index (χ3n) is 5.84. The van der Waals surface area contributed by atoms with Crippen LogP contribution in [0.3, 0.4) is 0 Å². The zero-order valence-corrected chi connectivity index (χ0v) is 17.9. The summed E-state index contributed by atoms with van der Waals surface area (Å²) < 4.78 is 5.47. The maximum Gasteiger partial charge on any atom is 0.307 e. The highest BCUT2D eigenvalue weighted by atomic mass is 16.5. The van der Waals surface area contributed by atoms with Crippen molar-refractivity contribution in [1.29, 1.82) is 0 Å². The molecule has 8 nitrogen and oxygen atoms in total. The lowest BCUT2D eigenvalue weighted by Crippen LogP contribution is -2.34. The summed E-state index contributed by atoms with van der Waals surface area (Å²) in [5.74, 6) is -0.754. The minimum Gasteiger partial charge on any atom is -0.481 e. The number of rotatable bonds is 11. The van der Waals surface area contributed by atoms with Crippen molar-refractivity contribution in [3.05, 3.63) is 11.7 Å². The molecular formula is C21H36N4O4. The molecule has 1 saturated carbocycles. The Morgan fingerprint density at radius 2 is 1.97 bits per heavy atom. The Bertz CT molecular complexity index is 662. The second-order valence-corrected chi connectivity index (χ2v) is 9.34. The predicted octanol–water partition coefficient (Wildman–Crippen LogP) is 3.23. The van der Waals surface area contributed by atoms with E-state index >= 15 is 0 Å². The highest BCUT2D eigenvalue weighted by Crippen LogP contribution is 2.41. The van der Waals surface area contributed by atoms with E-state index < -0.39 is 23.2 Å². The number of aromatic nitrogens is 2. The fraction of sp³-hybridized carbons (Fsp3) is 0.810. The van der Waals surface area contributed by atoms with Crippen molar-refractivity contribution < 1.29 is 19.2 Å². The quantitative estimate of drug-likeness (QED) is 0.512. The zero-order valence-electron chi connectivity index (χ0n) is 17.9. The van der Waals surface area contributed by atoms with Crippen molar-refractivity contribution in [2.24, 2.45) is 23.0 Å². The second-order valence-electron chi connectivity index (χ2n) is 9.34. The molecule has 0 bridgehead atoms. The van der Waals surface area contributed by atoms with Gasteiger partial charge in [0.25, 0.3) is 0 Å². The largest absolute Gasteiger partial charge is 0.481 e. The Balaban J connectivity index is 2.09. The van der Waals surface area contributed by atoms with E-state index in [1.165, 1.54) is 32.1 Å². The summed E-state index contributed by atoms with van der Waals surface area (Å²) in [5.41, 5.74) is 4.67. The molecule has 4 N–H and O–H groups in total. The molecule has 29 heavy (non-hydrogen) atoms. The van der Waals surface area contributed by atoms with Crippen LogP contribution in [0.5, 0.6) is 0 Å². The molecule has 164 valence electrons. The standard InChI is InChI=1S/C21H36N4O4/c1-21(2,3)18(20(27)28)15(11-7-10-14-8-5-4-6-9-14)19-24-17(25-29-19)13-23-12-16(22)26/h14-15,18,23H,4-13H2,1-3H3,(H2,22,26)(H,27,28)/t15-,18?/m1/s1. The number of amides is 1. The predicted molar refractivity (Wildman–Crippen MR) is 109 cm³/mol. The summed E-state index contributed by atoms with van der Waals surface area (Å²) >= 11 is 0. The number of carboxylic acids is 1. The van der Waals surface area contributed by atoms with Crippen molar-refractivity contribution >= 4 is 11.9 Å². The lowest BCUT2D eigenvalue weighted by atomic mass is 9.71. The van der Waals surface area contributed by atoms with Gasteiger partial charge in [-0.15, -0.1) is 0 Å². The Morgan fingerprint density at radius 1 is 1.28 bits per heavy atom. The normalized spacial score (nSPS) is 17.8. The molecule has 0 saturated heterocycles. The number of carboxylic acid groups (broad SMARTS) is 1. The Morgan fingerprint density at radius 3 is 2.55 bits per heavy atom. The molecule has 0 aromatic carbocycles. The third-order valence-corrected chi connectivity index (χ3v) is 5.84. The monoisotopic (exact) mass is 408 g/mol. The Hall–Kier alpha value is -1.96. The van der Waals surface area contributed by atoms with Crippen molar-refractivity contribution in [3.63, 3.8) is 0 Å². The lowest BCUT2D eigenvalue weighted by molar-refractivity contribution is -0.147. The minimum atomic E-state index is -0.841. The fourth-order valence-corrected chi connectivity index (χ4v) is 4.47. The zero-order chi connectivity index (χ0) is 21.4. The summed E-state index contributed by atoms with van der Waals surface area (Å²) in [4.78, 5) is 27.4. The average molecular weight is 409 g/mol. The fourth-order valence-electron chi connectivity index (χ4n) is 4.47. The van der Waals surface area contributed by atoms with Gasteiger partial charge in [-0.2, -0.15) is 4.98 Å². The van der Waals surface area contributed by atoms with Crippen LogP contribution in [0.4, 0.5) is 0 Å². The van der Waals surface area contributed by atoms with Gasteiger partial charge in [-0.1, -0.05) is 70.9 Å². The van der Waals surface area contributed by atoms with Crippen LogP contribution in [0.15, 0.2) is 4.52 Å². The third kappa shape index (κ3) is 7.42. The smallest absolute Gasteiger partial charge is 0.307 e. The SMILES string of the molecule is CC(C)(C)C(C(=O)O)[C@@H](CCCC1CCCCC1)c1nc(CNCC(N)=O)no1. The number of carbonyl (C=O) groups is 2. The molecule has 1 aromatic heterocycles. The maximum absolute atomic E-state index is 12.1. The maximum atomic E-state index is 12.1. The molecule has 0 radical (unpaired) electrons. The first kappa shape index (κ1) is 23.3. The second kappa shape index (κ2) is 10.7. The molecule has 1 aliphatic rings. The van der Waals surface area contributed by atoms with Gasteiger partial charge in [-0.3, -0.25) is 9.59 Å². The highest BCUT2D eigenvalue weighted by Gasteiger charge is 2.41. The lowest BCUT2D eigenvalue weighted by Gasteiger charge is -2.32. The highest BCUT2D eigenvalue weighted by molar-refractivity contribution is 5.75. The molecule has 1 amide bonds.